The Morgan fingerprint density at radius 3 is 2.83 bits per heavy atom. The Labute approximate surface area is 103 Å². The van der Waals surface area contributed by atoms with Crippen LogP contribution < -0.4 is 5.32 Å². The van der Waals surface area contributed by atoms with Crippen molar-refractivity contribution in [2.75, 3.05) is 6.54 Å². The highest BCUT2D eigenvalue weighted by atomic mass is 16.3. The summed E-state index contributed by atoms with van der Waals surface area (Å²) >= 11 is 0. The lowest BCUT2D eigenvalue weighted by Gasteiger charge is -2.31. The molecule has 0 spiro atoms. The summed E-state index contributed by atoms with van der Waals surface area (Å²) in [7, 11) is 0. The Morgan fingerprint density at radius 1 is 1.44 bits per heavy atom. The predicted molar refractivity (Wildman–Crippen MR) is 61.8 cm³/mol. The van der Waals surface area contributed by atoms with Crippen molar-refractivity contribution in [1.29, 1.82) is 0 Å². The van der Waals surface area contributed by atoms with Crippen LogP contribution in [0, 0.1) is 0 Å². The number of aromatic hydroxyl groups is 1. The fraction of sp³-hybridized carbons (Fsp3) is 0.250. The number of carbonyl (C=O) groups is 3. The first-order chi connectivity index (χ1) is 8.49. The molecule has 0 aliphatic carbocycles. The van der Waals surface area contributed by atoms with Crippen molar-refractivity contribution in [1.82, 2.24) is 10.2 Å². The third kappa shape index (κ3) is 2.17. The van der Waals surface area contributed by atoms with Crippen LogP contribution in [0.4, 0.5) is 0 Å². The summed E-state index contributed by atoms with van der Waals surface area (Å²) in [5.74, 6) is -1.51. The molecular formula is C12H12N2O4. The van der Waals surface area contributed by atoms with Gasteiger partial charge in [-0.15, -0.1) is 0 Å². The standard InChI is InChI=1S/C12H12N2O4/c1-7-11(17)13-10(16)6-14(7)12(18)8-3-2-4-9(15)5-8/h2-5,7,15H,6H2,1H3,(H,13,16,17). The fourth-order valence-corrected chi connectivity index (χ4v) is 1.77. The molecule has 1 aliphatic heterocycles. The molecule has 0 saturated carbocycles. The highest BCUT2D eigenvalue weighted by Crippen LogP contribution is 2.15. The van der Waals surface area contributed by atoms with E-state index < -0.39 is 23.8 Å². The van der Waals surface area contributed by atoms with Gasteiger partial charge >= 0.3 is 0 Å². The Balaban J connectivity index is 2.27. The van der Waals surface area contributed by atoms with Crippen molar-refractivity contribution in [2.45, 2.75) is 13.0 Å². The number of carbonyl (C=O) groups excluding carboxylic acids is 3. The van der Waals surface area contributed by atoms with Crippen molar-refractivity contribution in [2.24, 2.45) is 0 Å². The quantitative estimate of drug-likeness (QED) is 0.678. The van der Waals surface area contributed by atoms with Gasteiger partial charge in [-0.2, -0.15) is 0 Å². The van der Waals surface area contributed by atoms with Gasteiger partial charge in [0.05, 0.1) is 0 Å². The van der Waals surface area contributed by atoms with Crippen LogP contribution in [0.15, 0.2) is 24.3 Å². The van der Waals surface area contributed by atoms with Crippen LogP contribution in [0.3, 0.4) is 0 Å². The van der Waals surface area contributed by atoms with Gasteiger partial charge in [-0.05, 0) is 25.1 Å². The number of phenolic OH excluding ortho intramolecular Hbond substituents is 1. The molecule has 0 bridgehead atoms. The van der Waals surface area contributed by atoms with Crippen molar-refractivity contribution >= 4 is 17.7 Å². The summed E-state index contributed by atoms with van der Waals surface area (Å²) in [6.45, 7) is 1.38. The summed E-state index contributed by atoms with van der Waals surface area (Å²) < 4.78 is 0. The first-order valence-electron chi connectivity index (χ1n) is 5.42. The van der Waals surface area contributed by atoms with Crippen LogP contribution in [0.25, 0.3) is 0 Å². The van der Waals surface area contributed by atoms with Crippen LogP contribution >= 0.6 is 0 Å². The van der Waals surface area contributed by atoms with E-state index in [1.54, 1.807) is 6.92 Å². The molecule has 2 N–H and O–H groups in total. The van der Waals surface area contributed by atoms with Crippen molar-refractivity contribution in [3.63, 3.8) is 0 Å². The van der Waals surface area contributed by atoms with Gasteiger partial charge in [0.25, 0.3) is 5.91 Å². The van der Waals surface area contributed by atoms with E-state index in [9.17, 15) is 19.5 Å². The summed E-state index contributed by atoms with van der Waals surface area (Å²) in [4.78, 5) is 36.0. The Bertz CT molecular complexity index is 527. The van der Waals surface area contributed by atoms with Crippen LogP contribution in [0.2, 0.25) is 0 Å². The lowest BCUT2D eigenvalue weighted by Crippen LogP contribution is -2.58. The number of phenols is 1. The zero-order valence-electron chi connectivity index (χ0n) is 9.71. The van der Waals surface area contributed by atoms with Crippen LogP contribution in [0.5, 0.6) is 5.75 Å². The molecule has 94 valence electrons. The number of nitrogens with one attached hydrogen (secondary N) is 1. The molecule has 3 amide bonds. The Morgan fingerprint density at radius 2 is 2.17 bits per heavy atom. The predicted octanol–water partition coefficient (Wildman–Crippen LogP) is -0.121. The number of hydrogen-bond acceptors (Lipinski definition) is 4. The second-order valence-corrected chi connectivity index (χ2v) is 4.07. The van der Waals surface area contributed by atoms with Gasteiger partial charge in [0.1, 0.15) is 18.3 Å². The maximum absolute atomic E-state index is 12.1. The van der Waals surface area contributed by atoms with Gasteiger partial charge in [-0.3, -0.25) is 19.7 Å². The highest BCUT2D eigenvalue weighted by Gasteiger charge is 2.33. The number of benzene rings is 1. The molecule has 0 radical (unpaired) electrons. The topological polar surface area (TPSA) is 86.7 Å². The molecule has 2 rings (SSSR count). The van der Waals surface area contributed by atoms with Gasteiger partial charge in [-0.25, -0.2) is 0 Å². The molecule has 18 heavy (non-hydrogen) atoms. The van der Waals surface area contributed by atoms with E-state index in [1.807, 2.05) is 0 Å². The summed E-state index contributed by atoms with van der Waals surface area (Å²) in [6.07, 6.45) is 0. The number of imide groups is 1. The van der Waals surface area contributed by atoms with Crippen LogP contribution in [0.1, 0.15) is 17.3 Å². The van der Waals surface area contributed by atoms with E-state index >= 15 is 0 Å². The van der Waals surface area contributed by atoms with E-state index in [1.165, 1.54) is 29.2 Å². The van der Waals surface area contributed by atoms with Crippen LogP contribution in [-0.4, -0.2) is 40.3 Å². The molecule has 0 aromatic heterocycles. The lowest BCUT2D eigenvalue weighted by molar-refractivity contribution is -0.138. The molecule has 1 atom stereocenters. The normalized spacial score (nSPS) is 19.6. The zero-order chi connectivity index (χ0) is 13.3. The molecule has 1 unspecified atom stereocenters. The van der Waals surface area contributed by atoms with Gasteiger partial charge in [0.2, 0.25) is 11.8 Å². The molecule has 6 nitrogen and oxygen atoms in total. The summed E-state index contributed by atoms with van der Waals surface area (Å²) in [5, 5.41) is 11.5. The average Bonchev–Trinajstić information content (AvgIpc) is 2.33. The monoisotopic (exact) mass is 248 g/mol. The molecule has 1 aromatic rings. The number of rotatable bonds is 1. The lowest BCUT2D eigenvalue weighted by atomic mass is 10.1. The third-order valence-electron chi connectivity index (χ3n) is 2.78. The van der Waals surface area contributed by atoms with E-state index in [4.69, 9.17) is 0 Å². The minimum absolute atomic E-state index is 0.0405. The minimum atomic E-state index is -0.711. The number of hydrogen-bond donors (Lipinski definition) is 2. The smallest absolute Gasteiger partial charge is 0.255 e. The third-order valence-corrected chi connectivity index (χ3v) is 2.78. The number of piperazine rings is 1. The Kier molecular flexibility index (Phi) is 3.01. The molecular weight excluding hydrogens is 236 g/mol. The maximum atomic E-state index is 12.1. The average molecular weight is 248 g/mol. The number of amides is 3. The van der Waals surface area contributed by atoms with Gasteiger partial charge in [0.15, 0.2) is 0 Å². The zero-order valence-corrected chi connectivity index (χ0v) is 9.71. The molecule has 1 saturated heterocycles. The van der Waals surface area contributed by atoms with E-state index in [-0.39, 0.29) is 17.9 Å². The van der Waals surface area contributed by atoms with Crippen LogP contribution in [-0.2, 0) is 9.59 Å². The number of nitrogens with zero attached hydrogens (tertiary/aromatic N) is 1. The maximum Gasteiger partial charge on any atom is 0.255 e. The molecule has 6 heteroatoms. The van der Waals surface area contributed by atoms with Gasteiger partial charge in [0, 0.05) is 5.56 Å². The molecule has 1 aromatic carbocycles. The van der Waals surface area contributed by atoms with E-state index in [0.717, 1.165) is 0 Å². The highest BCUT2D eigenvalue weighted by molar-refractivity contribution is 6.07. The largest absolute Gasteiger partial charge is 0.508 e. The summed E-state index contributed by atoms with van der Waals surface area (Å²) in [5.41, 5.74) is 0.240. The second-order valence-electron chi connectivity index (χ2n) is 4.07. The molecule has 1 aliphatic rings. The second kappa shape index (κ2) is 4.48. The van der Waals surface area contributed by atoms with Crippen molar-refractivity contribution in [3.8, 4) is 5.75 Å². The summed E-state index contributed by atoms with van der Waals surface area (Å²) in [6, 6.07) is 5.07. The van der Waals surface area contributed by atoms with Gasteiger partial charge in [-0.1, -0.05) is 6.07 Å². The first-order valence-corrected chi connectivity index (χ1v) is 5.42. The minimum Gasteiger partial charge on any atom is -0.508 e. The molecule has 1 heterocycles. The van der Waals surface area contributed by atoms with Crippen molar-refractivity contribution in [3.05, 3.63) is 29.8 Å². The Hall–Kier alpha value is -2.37. The fourth-order valence-electron chi connectivity index (χ4n) is 1.77. The van der Waals surface area contributed by atoms with E-state index in [2.05, 4.69) is 5.32 Å². The SMILES string of the molecule is CC1C(=O)NC(=O)CN1C(=O)c1cccc(O)c1. The first kappa shape index (κ1) is 12.1. The van der Waals surface area contributed by atoms with E-state index in [0.29, 0.717) is 0 Å². The van der Waals surface area contributed by atoms with Crippen molar-refractivity contribution < 1.29 is 19.5 Å². The molecule has 1 fully saturated rings. The van der Waals surface area contributed by atoms with Gasteiger partial charge < -0.3 is 10.0 Å².